The third-order valence-corrected chi connectivity index (χ3v) is 7.42. The number of aliphatic carboxylic acids is 1. The van der Waals surface area contributed by atoms with Gasteiger partial charge in [0, 0.05) is 11.8 Å². The fraction of sp³-hybridized carbons (Fsp3) is 0.640. The molecule has 1 aromatic carbocycles. The normalized spacial score (nSPS) is 26.8. The van der Waals surface area contributed by atoms with Gasteiger partial charge in [-0.05, 0) is 73.8 Å². The van der Waals surface area contributed by atoms with Gasteiger partial charge >= 0.3 is 5.97 Å². The molecule has 2 saturated carbocycles. The van der Waals surface area contributed by atoms with Crippen LogP contribution in [-0.4, -0.2) is 21.6 Å². The van der Waals surface area contributed by atoms with Gasteiger partial charge < -0.3 is 10.2 Å². The second-order valence-corrected chi connectivity index (χ2v) is 9.43. The van der Waals surface area contributed by atoms with Crippen LogP contribution in [0.15, 0.2) is 36.4 Å². The maximum absolute atomic E-state index is 10.7. The SMILES string of the molecule is O=C(O)CCCC=CC[C@@H]1C(c2ccc(C(O)C3CCCCC3)cc2)CC[C@H]1Cl. The Hall–Kier alpha value is -1.32. The van der Waals surface area contributed by atoms with E-state index < -0.39 is 5.97 Å². The summed E-state index contributed by atoms with van der Waals surface area (Å²) in [6, 6.07) is 8.64. The van der Waals surface area contributed by atoms with Crippen LogP contribution in [0.25, 0.3) is 0 Å². The van der Waals surface area contributed by atoms with Gasteiger partial charge in [0.05, 0.1) is 6.10 Å². The highest BCUT2D eigenvalue weighted by molar-refractivity contribution is 6.21. The Morgan fingerprint density at radius 2 is 1.79 bits per heavy atom. The molecule has 0 bridgehead atoms. The molecule has 2 aliphatic rings. The number of unbranched alkanes of at least 4 members (excludes halogenated alkanes) is 1. The van der Waals surface area contributed by atoms with Gasteiger partial charge in [0.15, 0.2) is 0 Å². The molecule has 0 spiro atoms. The molecule has 0 aliphatic heterocycles. The number of halogens is 1. The van der Waals surface area contributed by atoms with Crippen LogP contribution in [0, 0.1) is 11.8 Å². The molecule has 1 aromatic rings. The number of aliphatic hydroxyl groups is 1. The third kappa shape index (κ3) is 6.33. The Morgan fingerprint density at radius 3 is 2.48 bits per heavy atom. The van der Waals surface area contributed by atoms with Crippen molar-refractivity contribution < 1.29 is 15.0 Å². The number of allylic oxidation sites excluding steroid dienone is 2. The van der Waals surface area contributed by atoms with Gasteiger partial charge in [-0.3, -0.25) is 4.79 Å². The van der Waals surface area contributed by atoms with Gasteiger partial charge in [-0.1, -0.05) is 55.7 Å². The van der Waals surface area contributed by atoms with Crippen LogP contribution in [0.4, 0.5) is 0 Å². The molecule has 3 nitrogen and oxygen atoms in total. The van der Waals surface area contributed by atoms with E-state index in [0.29, 0.717) is 24.2 Å². The first-order valence-corrected chi connectivity index (χ1v) is 11.8. The van der Waals surface area contributed by atoms with Crippen molar-refractivity contribution in [2.75, 3.05) is 0 Å². The largest absolute Gasteiger partial charge is 0.481 e. The van der Waals surface area contributed by atoms with Crippen molar-refractivity contribution in [2.45, 2.75) is 88.0 Å². The van der Waals surface area contributed by atoms with Gasteiger partial charge in [-0.15, -0.1) is 11.6 Å². The van der Waals surface area contributed by atoms with Crippen molar-refractivity contribution in [2.24, 2.45) is 11.8 Å². The van der Waals surface area contributed by atoms with Gasteiger partial charge in [0.1, 0.15) is 0 Å². The highest BCUT2D eigenvalue weighted by Crippen LogP contribution is 2.45. The molecule has 2 N–H and O–H groups in total. The number of carboxylic acid groups (broad SMARTS) is 1. The minimum Gasteiger partial charge on any atom is -0.481 e. The van der Waals surface area contributed by atoms with Crippen LogP contribution < -0.4 is 0 Å². The molecule has 2 aliphatic carbocycles. The lowest BCUT2D eigenvalue weighted by atomic mass is 9.81. The van der Waals surface area contributed by atoms with E-state index in [1.54, 1.807) is 0 Å². The molecule has 4 heteroatoms. The topological polar surface area (TPSA) is 57.5 Å². The smallest absolute Gasteiger partial charge is 0.303 e. The molecular weight excluding hydrogens is 384 g/mol. The fourth-order valence-electron chi connectivity index (χ4n) is 5.15. The predicted molar refractivity (Wildman–Crippen MR) is 118 cm³/mol. The summed E-state index contributed by atoms with van der Waals surface area (Å²) in [6.07, 6.45) is 14.8. The number of carbonyl (C=O) groups is 1. The summed E-state index contributed by atoms with van der Waals surface area (Å²) in [5, 5.41) is 19.6. The summed E-state index contributed by atoms with van der Waals surface area (Å²) in [5.41, 5.74) is 2.38. The van der Waals surface area contributed by atoms with Crippen LogP contribution in [-0.2, 0) is 4.79 Å². The summed E-state index contributed by atoms with van der Waals surface area (Å²) in [4.78, 5) is 10.6. The molecule has 2 fully saturated rings. The Bertz CT molecular complexity index is 663. The molecule has 160 valence electrons. The van der Waals surface area contributed by atoms with E-state index in [-0.39, 0.29) is 17.9 Å². The van der Waals surface area contributed by atoms with Crippen molar-refractivity contribution in [1.29, 1.82) is 0 Å². The van der Waals surface area contributed by atoms with Crippen molar-refractivity contribution >= 4 is 17.6 Å². The van der Waals surface area contributed by atoms with E-state index in [2.05, 4.69) is 36.4 Å². The molecule has 2 unspecified atom stereocenters. The summed E-state index contributed by atoms with van der Waals surface area (Å²) in [7, 11) is 0. The van der Waals surface area contributed by atoms with E-state index in [1.165, 1.54) is 24.8 Å². The number of hydrogen-bond donors (Lipinski definition) is 2. The molecule has 0 aromatic heterocycles. The summed E-state index contributed by atoms with van der Waals surface area (Å²) < 4.78 is 0. The Kier molecular flexibility index (Phi) is 8.62. The molecule has 0 amide bonds. The Morgan fingerprint density at radius 1 is 1.07 bits per heavy atom. The predicted octanol–water partition coefficient (Wildman–Crippen LogP) is 6.60. The molecule has 0 saturated heterocycles. The fourth-order valence-corrected chi connectivity index (χ4v) is 5.55. The maximum Gasteiger partial charge on any atom is 0.303 e. The quantitative estimate of drug-likeness (QED) is 0.269. The van der Waals surface area contributed by atoms with E-state index in [0.717, 1.165) is 44.1 Å². The molecule has 29 heavy (non-hydrogen) atoms. The minimum absolute atomic E-state index is 0.191. The zero-order valence-corrected chi connectivity index (χ0v) is 18.1. The van der Waals surface area contributed by atoms with Crippen LogP contribution in [0.1, 0.15) is 93.8 Å². The summed E-state index contributed by atoms with van der Waals surface area (Å²) in [5.74, 6) is 0.558. The molecule has 4 atom stereocenters. The van der Waals surface area contributed by atoms with Gasteiger partial charge in [-0.2, -0.15) is 0 Å². The van der Waals surface area contributed by atoms with E-state index in [9.17, 15) is 9.90 Å². The van der Waals surface area contributed by atoms with Crippen molar-refractivity contribution in [3.8, 4) is 0 Å². The Balaban J connectivity index is 1.56. The second-order valence-electron chi connectivity index (χ2n) is 8.87. The average molecular weight is 419 g/mol. The van der Waals surface area contributed by atoms with Crippen LogP contribution in [0.5, 0.6) is 0 Å². The maximum atomic E-state index is 10.7. The molecule has 0 heterocycles. The standard InChI is InChI=1S/C25H35ClO3/c26-23-17-16-21(22(23)10-6-1-2-7-11-24(27)28)18-12-14-20(15-13-18)25(29)19-8-4-3-5-9-19/h1,6,12-15,19,21-23,25,29H,2-5,7-11,16-17H2,(H,27,28)/t21?,22-,23-,25?/m1/s1. The first-order valence-electron chi connectivity index (χ1n) is 11.3. The number of alkyl halides is 1. The van der Waals surface area contributed by atoms with Crippen molar-refractivity contribution in [3.05, 3.63) is 47.5 Å². The number of benzene rings is 1. The average Bonchev–Trinajstić information content (AvgIpc) is 3.11. The monoisotopic (exact) mass is 418 g/mol. The van der Waals surface area contributed by atoms with E-state index in [4.69, 9.17) is 16.7 Å². The van der Waals surface area contributed by atoms with Crippen molar-refractivity contribution in [1.82, 2.24) is 0 Å². The summed E-state index contributed by atoms with van der Waals surface area (Å²) in [6.45, 7) is 0. The number of aliphatic hydroxyl groups excluding tert-OH is 1. The van der Waals surface area contributed by atoms with Gasteiger partial charge in [0.2, 0.25) is 0 Å². The van der Waals surface area contributed by atoms with Crippen molar-refractivity contribution in [3.63, 3.8) is 0 Å². The number of rotatable bonds is 9. The van der Waals surface area contributed by atoms with Crippen LogP contribution >= 0.6 is 11.6 Å². The van der Waals surface area contributed by atoms with Gasteiger partial charge in [-0.25, -0.2) is 0 Å². The number of carboxylic acids is 1. The lowest BCUT2D eigenvalue weighted by Crippen LogP contribution is -2.16. The highest BCUT2D eigenvalue weighted by Gasteiger charge is 2.35. The number of hydrogen-bond acceptors (Lipinski definition) is 2. The zero-order chi connectivity index (χ0) is 20.6. The Labute approximate surface area is 180 Å². The highest BCUT2D eigenvalue weighted by atomic mass is 35.5. The molecular formula is C25H35ClO3. The van der Waals surface area contributed by atoms with E-state index in [1.807, 2.05) is 0 Å². The summed E-state index contributed by atoms with van der Waals surface area (Å²) >= 11 is 6.64. The van der Waals surface area contributed by atoms with Crippen LogP contribution in [0.2, 0.25) is 0 Å². The first kappa shape index (κ1) is 22.4. The molecule has 0 radical (unpaired) electrons. The van der Waals surface area contributed by atoms with Crippen LogP contribution in [0.3, 0.4) is 0 Å². The lowest BCUT2D eigenvalue weighted by Gasteiger charge is -2.27. The second kappa shape index (κ2) is 11.2. The lowest BCUT2D eigenvalue weighted by molar-refractivity contribution is -0.137. The third-order valence-electron chi connectivity index (χ3n) is 6.87. The van der Waals surface area contributed by atoms with Gasteiger partial charge in [0.25, 0.3) is 0 Å². The molecule has 3 rings (SSSR count). The minimum atomic E-state index is -0.730. The zero-order valence-electron chi connectivity index (χ0n) is 17.3. The first-order chi connectivity index (χ1) is 14.1. The van der Waals surface area contributed by atoms with E-state index >= 15 is 0 Å².